The van der Waals surface area contributed by atoms with Gasteiger partial charge in [0.1, 0.15) is 0 Å². The van der Waals surface area contributed by atoms with Crippen molar-refractivity contribution in [1.29, 1.82) is 0 Å². The molecule has 1 N–H and O–H groups in total. The van der Waals surface area contributed by atoms with E-state index in [2.05, 4.69) is 35.6 Å². The second kappa shape index (κ2) is 7.91. The number of aryl methyl sites for hydroxylation is 1. The van der Waals surface area contributed by atoms with Crippen molar-refractivity contribution in [2.45, 2.75) is 13.1 Å². The SMILES string of the molecule is Cn1ccn2c(CNC(=O)c3cc(CN=[N+]=[N-])cc(N=[N+]=[N-])c3)nnc2c1=O. The average Bonchev–Trinajstić information content (AvgIpc) is 3.11. The Morgan fingerprint density at radius 1 is 1.21 bits per heavy atom. The Morgan fingerprint density at radius 2 is 2.04 bits per heavy atom. The molecule has 3 rings (SSSR count). The summed E-state index contributed by atoms with van der Waals surface area (Å²) >= 11 is 0. The Bertz CT molecular complexity index is 1210. The zero-order valence-electron chi connectivity index (χ0n) is 14.6. The van der Waals surface area contributed by atoms with Gasteiger partial charge in [0, 0.05) is 40.5 Å². The zero-order chi connectivity index (χ0) is 20.1. The molecular weight excluding hydrogens is 366 g/mol. The van der Waals surface area contributed by atoms with Crippen molar-refractivity contribution >= 4 is 17.2 Å². The highest BCUT2D eigenvalue weighted by Crippen LogP contribution is 2.19. The third-order valence-corrected chi connectivity index (χ3v) is 3.84. The minimum atomic E-state index is -0.460. The predicted molar refractivity (Wildman–Crippen MR) is 97.5 cm³/mol. The number of azide groups is 2. The van der Waals surface area contributed by atoms with Crippen LogP contribution in [0.1, 0.15) is 21.7 Å². The molecule has 0 spiro atoms. The van der Waals surface area contributed by atoms with Gasteiger partial charge in [-0.3, -0.25) is 14.0 Å². The molecule has 0 saturated heterocycles. The van der Waals surface area contributed by atoms with E-state index in [0.717, 1.165) is 0 Å². The molecule has 0 aliphatic carbocycles. The van der Waals surface area contributed by atoms with Crippen molar-refractivity contribution in [2.24, 2.45) is 17.3 Å². The van der Waals surface area contributed by atoms with Crippen LogP contribution in [0.3, 0.4) is 0 Å². The van der Waals surface area contributed by atoms with Gasteiger partial charge in [-0.1, -0.05) is 10.2 Å². The van der Waals surface area contributed by atoms with E-state index >= 15 is 0 Å². The molecule has 2 heterocycles. The summed E-state index contributed by atoms with van der Waals surface area (Å²) in [6.45, 7) is 0.0221. The first-order chi connectivity index (χ1) is 13.5. The van der Waals surface area contributed by atoms with Gasteiger partial charge in [-0.05, 0) is 34.8 Å². The van der Waals surface area contributed by atoms with Crippen molar-refractivity contribution in [3.63, 3.8) is 0 Å². The second-order valence-electron chi connectivity index (χ2n) is 5.67. The summed E-state index contributed by atoms with van der Waals surface area (Å²) in [6, 6.07) is 4.46. The molecule has 0 fully saturated rings. The zero-order valence-corrected chi connectivity index (χ0v) is 14.6. The Balaban J connectivity index is 1.84. The highest BCUT2D eigenvalue weighted by atomic mass is 16.1. The number of amides is 1. The van der Waals surface area contributed by atoms with Crippen molar-refractivity contribution < 1.29 is 4.79 Å². The van der Waals surface area contributed by atoms with Gasteiger partial charge >= 0.3 is 0 Å². The molecule has 1 amide bonds. The van der Waals surface area contributed by atoms with E-state index in [0.29, 0.717) is 11.4 Å². The Labute approximate surface area is 156 Å². The van der Waals surface area contributed by atoms with Gasteiger partial charge in [0.15, 0.2) is 5.82 Å². The first kappa shape index (κ1) is 18.5. The van der Waals surface area contributed by atoms with E-state index < -0.39 is 5.91 Å². The van der Waals surface area contributed by atoms with Crippen LogP contribution in [-0.4, -0.2) is 25.1 Å². The Hall–Kier alpha value is -4.34. The molecule has 0 saturated carbocycles. The van der Waals surface area contributed by atoms with Crippen molar-refractivity contribution in [1.82, 2.24) is 24.5 Å². The van der Waals surface area contributed by atoms with Crippen LogP contribution in [0.5, 0.6) is 0 Å². The van der Waals surface area contributed by atoms with Crippen LogP contribution in [0.2, 0.25) is 0 Å². The van der Waals surface area contributed by atoms with Crippen LogP contribution in [0.25, 0.3) is 26.5 Å². The smallest absolute Gasteiger partial charge is 0.295 e. The molecule has 140 valence electrons. The molecule has 3 aromatic rings. The van der Waals surface area contributed by atoms with E-state index in [1.54, 1.807) is 19.4 Å². The summed E-state index contributed by atoms with van der Waals surface area (Å²) in [4.78, 5) is 29.9. The van der Waals surface area contributed by atoms with Gasteiger partial charge in [0.05, 0.1) is 13.1 Å². The number of rotatable bonds is 6. The molecule has 28 heavy (non-hydrogen) atoms. The van der Waals surface area contributed by atoms with Crippen LogP contribution in [0.15, 0.2) is 45.6 Å². The maximum Gasteiger partial charge on any atom is 0.295 e. The molecule has 2 aromatic heterocycles. The van der Waals surface area contributed by atoms with Crippen LogP contribution >= 0.6 is 0 Å². The largest absolute Gasteiger partial charge is 0.345 e. The predicted octanol–water partition coefficient (Wildman–Crippen LogP) is 2.11. The summed E-state index contributed by atoms with van der Waals surface area (Å²) in [5.41, 5.74) is 17.9. The van der Waals surface area contributed by atoms with E-state index in [1.807, 2.05) is 0 Å². The Kier molecular flexibility index (Phi) is 5.21. The summed E-state index contributed by atoms with van der Waals surface area (Å²) in [5.74, 6) is -0.0840. The maximum atomic E-state index is 12.5. The number of benzene rings is 1. The third-order valence-electron chi connectivity index (χ3n) is 3.84. The minimum Gasteiger partial charge on any atom is -0.345 e. The van der Waals surface area contributed by atoms with Gasteiger partial charge in [-0.15, -0.1) is 10.2 Å². The second-order valence-corrected chi connectivity index (χ2v) is 5.67. The quantitative estimate of drug-likeness (QED) is 0.391. The third kappa shape index (κ3) is 3.75. The highest BCUT2D eigenvalue weighted by molar-refractivity contribution is 5.95. The molecule has 0 aliphatic rings. The number of hydrogen-bond donors (Lipinski definition) is 1. The summed E-state index contributed by atoms with van der Waals surface area (Å²) in [7, 11) is 1.60. The van der Waals surface area contributed by atoms with Crippen LogP contribution < -0.4 is 10.9 Å². The van der Waals surface area contributed by atoms with Crippen molar-refractivity contribution in [2.75, 3.05) is 0 Å². The number of aromatic nitrogens is 4. The summed E-state index contributed by atoms with van der Waals surface area (Å²) in [6.07, 6.45) is 3.19. The van der Waals surface area contributed by atoms with Gasteiger partial charge in [-0.25, -0.2) is 0 Å². The molecule has 0 unspecified atom stereocenters. The lowest BCUT2D eigenvalue weighted by molar-refractivity contribution is 0.0949. The monoisotopic (exact) mass is 379 g/mol. The number of nitrogens with zero attached hydrogens (tertiary/aromatic N) is 10. The first-order valence-electron chi connectivity index (χ1n) is 7.91. The fourth-order valence-electron chi connectivity index (χ4n) is 2.52. The molecule has 0 aliphatic heterocycles. The van der Waals surface area contributed by atoms with Crippen LogP contribution in [-0.2, 0) is 20.1 Å². The molecule has 1 aromatic carbocycles. The lowest BCUT2D eigenvalue weighted by Crippen LogP contribution is -2.25. The van der Waals surface area contributed by atoms with Gasteiger partial charge in [-0.2, -0.15) is 0 Å². The lowest BCUT2D eigenvalue weighted by atomic mass is 10.1. The fourth-order valence-corrected chi connectivity index (χ4v) is 2.52. The van der Waals surface area contributed by atoms with Crippen molar-refractivity contribution in [3.05, 3.63) is 78.8 Å². The topological polar surface area (TPSA) is 179 Å². The average molecular weight is 379 g/mol. The number of carbonyl (C=O) groups excluding carboxylic acids is 1. The molecular formula is C15H13N11O2. The van der Waals surface area contributed by atoms with Gasteiger partial charge < -0.3 is 9.88 Å². The van der Waals surface area contributed by atoms with E-state index in [4.69, 9.17) is 11.1 Å². The van der Waals surface area contributed by atoms with E-state index in [1.165, 1.54) is 27.2 Å². The number of nitrogens with one attached hydrogen (secondary N) is 1. The minimum absolute atomic E-state index is 0.00365. The van der Waals surface area contributed by atoms with Crippen LogP contribution in [0, 0.1) is 0 Å². The highest BCUT2D eigenvalue weighted by Gasteiger charge is 2.12. The van der Waals surface area contributed by atoms with Gasteiger partial charge in [0.2, 0.25) is 5.65 Å². The van der Waals surface area contributed by atoms with Gasteiger partial charge in [0.25, 0.3) is 11.5 Å². The molecule has 0 atom stereocenters. The van der Waals surface area contributed by atoms with E-state index in [9.17, 15) is 9.59 Å². The summed E-state index contributed by atoms with van der Waals surface area (Å²) in [5, 5.41) is 17.4. The normalized spacial score (nSPS) is 10.2. The van der Waals surface area contributed by atoms with Crippen LogP contribution in [0.4, 0.5) is 5.69 Å². The van der Waals surface area contributed by atoms with Crippen molar-refractivity contribution in [3.8, 4) is 0 Å². The number of hydrogen-bond acceptors (Lipinski definition) is 6. The first-order valence-corrected chi connectivity index (χ1v) is 7.91. The molecule has 0 radical (unpaired) electrons. The standard InChI is InChI=1S/C15H13N11O2/c1-25-2-3-26-12(21-22-13(26)15(25)28)8-18-14(27)10-4-9(7-19-23-16)5-11(6-10)20-24-17/h2-6H,7-8H2,1H3,(H,18,27). The Morgan fingerprint density at radius 3 is 2.79 bits per heavy atom. The molecule has 13 heteroatoms. The number of carbonyl (C=O) groups is 1. The lowest BCUT2D eigenvalue weighted by Gasteiger charge is -2.07. The molecule has 0 bridgehead atoms. The number of fused-ring (bicyclic) bond motifs is 1. The molecule has 13 nitrogen and oxygen atoms in total. The fraction of sp³-hybridized carbons (Fsp3) is 0.200. The van der Waals surface area contributed by atoms with E-state index in [-0.39, 0.29) is 35.5 Å². The summed E-state index contributed by atoms with van der Waals surface area (Å²) < 4.78 is 2.87. The maximum absolute atomic E-state index is 12.5.